The SMILES string of the molecule is N[C@H]1CCC[C@H]1OC(F)F. The molecule has 0 heterocycles. The second kappa shape index (κ2) is 3.25. The third kappa shape index (κ3) is 1.88. The quantitative estimate of drug-likeness (QED) is 0.641. The lowest BCUT2D eigenvalue weighted by Crippen LogP contribution is -2.32. The van der Waals surface area contributed by atoms with E-state index in [-0.39, 0.29) is 6.04 Å². The van der Waals surface area contributed by atoms with Gasteiger partial charge >= 0.3 is 6.61 Å². The van der Waals surface area contributed by atoms with Crippen molar-refractivity contribution in [2.45, 2.75) is 38.0 Å². The van der Waals surface area contributed by atoms with Gasteiger partial charge in [-0.05, 0) is 19.3 Å². The Hall–Kier alpha value is -0.220. The van der Waals surface area contributed by atoms with E-state index in [2.05, 4.69) is 4.74 Å². The second-order valence-electron chi connectivity index (χ2n) is 2.53. The van der Waals surface area contributed by atoms with E-state index in [1.54, 1.807) is 0 Å². The molecule has 1 fully saturated rings. The molecule has 0 aliphatic heterocycles. The average Bonchev–Trinajstić information content (AvgIpc) is 2.15. The van der Waals surface area contributed by atoms with Crippen molar-refractivity contribution in [3.63, 3.8) is 0 Å². The molecule has 0 unspecified atom stereocenters. The van der Waals surface area contributed by atoms with E-state index in [1.165, 1.54) is 0 Å². The summed E-state index contributed by atoms with van der Waals surface area (Å²) in [6, 6.07) is -0.186. The van der Waals surface area contributed by atoms with Crippen molar-refractivity contribution in [3.05, 3.63) is 0 Å². The third-order valence-corrected chi connectivity index (χ3v) is 1.78. The van der Waals surface area contributed by atoms with Crippen molar-refractivity contribution in [1.29, 1.82) is 0 Å². The van der Waals surface area contributed by atoms with Crippen molar-refractivity contribution in [2.75, 3.05) is 0 Å². The Bertz CT molecular complexity index is 110. The van der Waals surface area contributed by atoms with Crippen LogP contribution in [-0.2, 0) is 4.74 Å². The van der Waals surface area contributed by atoms with E-state index >= 15 is 0 Å². The lowest BCUT2D eigenvalue weighted by Gasteiger charge is -2.14. The van der Waals surface area contributed by atoms with Crippen LogP contribution in [0.1, 0.15) is 19.3 Å². The average molecular weight is 151 g/mol. The van der Waals surface area contributed by atoms with Crippen LogP contribution in [0.2, 0.25) is 0 Å². The van der Waals surface area contributed by atoms with Gasteiger partial charge in [-0.3, -0.25) is 0 Å². The lowest BCUT2D eigenvalue weighted by molar-refractivity contribution is -0.163. The molecule has 0 spiro atoms. The molecule has 1 rings (SSSR count). The van der Waals surface area contributed by atoms with Gasteiger partial charge in [0.15, 0.2) is 0 Å². The molecule has 1 saturated carbocycles. The summed E-state index contributed by atoms with van der Waals surface area (Å²) in [5.74, 6) is 0. The van der Waals surface area contributed by atoms with E-state index in [0.717, 1.165) is 12.8 Å². The summed E-state index contributed by atoms with van der Waals surface area (Å²) in [6.07, 6.45) is 1.96. The second-order valence-corrected chi connectivity index (χ2v) is 2.53. The molecule has 0 bridgehead atoms. The summed E-state index contributed by atoms with van der Waals surface area (Å²) >= 11 is 0. The Labute approximate surface area is 58.3 Å². The maximum absolute atomic E-state index is 11.6. The van der Waals surface area contributed by atoms with E-state index in [0.29, 0.717) is 6.42 Å². The maximum Gasteiger partial charge on any atom is 0.345 e. The number of alkyl halides is 2. The zero-order chi connectivity index (χ0) is 7.56. The van der Waals surface area contributed by atoms with E-state index in [4.69, 9.17) is 5.73 Å². The third-order valence-electron chi connectivity index (χ3n) is 1.78. The summed E-state index contributed by atoms with van der Waals surface area (Å²) in [7, 11) is 0. The summed E-state index contributed by atoms with van der Waals surface area (Å²) < 4.78 is 27.4. The monoisotopic (exact) mass is 151 g/mol. The van der Waals surface area contributed by atoms with Crippen LogP contribution < -0.4 is 5.73 Å². The van der Waals surface area contributed by atoms with Crippen LogP contribution in [-0.4, -0.2) is 18.8 Å². The summed E-state index contributed by atoms with van der Waals surface area (Å²) in [6.45, 7) is -2.67. The highest BCUT2D eigenvalue weighted by Gasteiger charge is 2.26. The molecule has 10 heavy (non-hydrogen) atoms. The predicted octanol–water partition coefficient (Wildman–Crippen LogP) is 1.11. The predicted molar refractivity (Wildman–Crippen MR) is 32.7 cm³/mol. The summed E-state index contributed by atoms with van der Waals surface area (Å²) in [5, 5.41) is 0. The van der Waals surface area contributed by atoms with Gasteiger partial charge in [-0.2, -0.15) is 8.78 Å². The molecule has 2 atom stereocenters. The summed E-state index contributed by atoms with van der Waals surface area (Å²) in [5.41, 5.74) is 5.47. The van der Waals surface area contributed by atoms with Crippen LogP contribution in [0.15, 0.2) is 0 Å². The molecule has 0 aromatic rings. The fourth-order valence-corrected chi connectivity index (χ4v) is 1.26. The first kappa shape index (κ1) is 7.88. The largest absolute Gasteiger partial charge is 0.345 e. The van der Waals surface area contributed by atoms with E-state index in [1.807, 2.05) is 0 Å². The van der Waals surface area contributed by atoms with Crippen LogP contribution in [0, 0.1) is 0 Å². The molecule has 1 aliphatic rings. The normalized spacial score (nSPS) is 33.6. The van der Waals surface area contributed by atoms with Gasteiger partial charge in [0.1, 0.15) is 0 Å². The number of hydrogen-bond acceptors (Lipinski definition) is 2. The molecule has 2 nitrogen and oxygen atoms in total. The highest BCUT2D eigenvalue weighted by molar-refractivity contribution is 4.80. The van der Waals surface area contributed by atoms with Gasteiger partial charge in [0, 0.05) is 6.04 Å². The Balaban J connectivity index is 2.26. The van der Waals surface area contributed by atoms with Crippen molar-refractivity contribution < 1.29 is 13.5 Å². The number of ether oxygens (including phenoxy) is 1. The molecule has 1 aliphatic carbocycles. The van der Waals surface area contributed by atoms with Crippen molar-refractivity contribution in [3.8, 4) is 0 Å². The van der Waals surface area contributed by atoms with Gasteiger partial charge in [0.05, 0.1) is 6.10 Å². The van der Waals surface area contributed by atoms with Crippen LogP contribution in [0.25, 0.3) is 0 Å². The molecule has 4 heteroatoms. The Kier molecular flexibility index (Phi) is 2.56. The fourth-order valence-electron chi connectivity index (χ4n) is 1.26. The van der Waals surface area contributed by atoms with Gasteiger partial charge in [-0.15, -0.1) is 0 Å². The van der Waals surface area contributed by atoms with Crippen LogP contribution >= 0.6 is 0 Å². The van der Waals surface area contributed by atoms with Gasteiger partial charge in [0.25, 0.3) is 0 Å². The maximum atomic E-state index is 11.6. The first-order chi connectivity index (χ1) is 4.70. The zero-order valence-electron chi connectivity index (χ0n) is 5.59. The topological polar surface area (TPSA) is 35.2 Å². The van der Waals surface area contributed by atoms with Gasteiger partial charge in [-0.1, -0.05) is 0 Å². The molecular weight excluding hydrogens is 140 g/mol. The highest BCUT2D eigenvalue weighted by atomic mass is 19.3. The van der Waals surface area contributed by atoms with Crippen LogP contribution in [0.5, 0.6) is 0 Å². The van der Waals surface area contributed by atoms with Crippen molar-refractivity contribution >= 4 is 0 Å². The lowest BCUT2D eigenvalue weighted by atomic mass is 10.2. The Morgan fingerprint density at radius 2 is 2.10 bits per heavy atom. The summed E-state index contributed by atoms with van der Waals surface area (Å²) in [4.78, 5) is 0. The standard InChI is InChI=1S/C6H11F2NO/c7-6(8)10-5-3-1-2-4(5)9/h4-6H,1-3,9H2/t4-,5+/m0/s1. The van der Waals surface area contributed by atoms with Gasteiger partial charge < -0.3 is 10.5 Å². The van der Waals surface area contributed by atoms with Crippen molar-refractivity contribution in [2.24, 2.45) is 5.73 Å². The molecule has 0 aromatic heterocycles. The molecule has 0 saturated heterocycles. The Morgan fingerprint density at radius 1 is 1.40 bits per heavy atom. The number of nitrogens with two attached hydrogens (primary N) is 1. The molecular formula is C6H11F2NO. The highest BCUT2D eigenvalue weighted by Crippen LogP contribution is 2.21. The zero-order valence-corrected chi connectivity index (χ0v) is 5.59. The number of rotatable bonds is 2. The number of halogens is 2. The minimum atomic E-state index is -2.67. The molecule has 2 N–H and O–H groups in total. The minimum Gasteiger partial charge on any atom is -0.325 e. The van der Waals surface area contributed by atoms with Crippen molar-refractivity contribution in [1.82, 2.24) is 0 Å². The Morgan fingerprint density at radius 3 is 2.50 bits per heavy atom. The molecule has 0 aromatic carbocycles. The first-order valence-corrected chi connectivity index (χ1v) is 3.39. The first-order valence-electron chi connectivity index (χ1n) is 3.39. The minimum absolute atomic E-state index is 0.186. The molecule has 60 valence electrons. The van der Waals surface area contributed by atoms with E-state index < -0.39 is 12.7 Å². The molecule has 0 radical (unpaired) electrons. The molecule has 0 amide bonds. The van der Waals surface area contributed by atoms with Gasteiger partial charge in [-0.25, -0.2) is 0 Å². The number of hydrogen-bond donors (Lipinski definition) is 1. The van der Waals surface area contributed by atoms with E-state index in [9.17, 15) is 8.78 Å². The van der Waals surface area contributed by atoms with Crippen LogP contribution in [0.4, 0.5) is 8.78 Å². The van der Waals surface area contributed by atoms with Crippen LogP contribution in [0.3, 0.4) is 0 Å². The van der Waals surface area contributed by atoms with Gasteiger partial charge in [0.2, 0.25) is 0 Å². The fraction of sp³-hybridized carbons (Fsp3) is 1.00. The smallest absolute Gasteiger partial charge is 0.325 e.